The minimum Gasteiger partial charge on any atom is -0.431 e. The van der Waals surface area contributed by atoms with Crippen molar-refractivity contribution in [1.29, 1.82) is 0 Å². The predicted molar refractivity (Wildman–Crippen MR) is 64.3 cm³/mol. The van der Waals surface area contributed by atoms with Crippen molar-refractivity contribution in [3.8, 4) is 0 Å². The highest BCUT2D eigenvalue weighted by Crippen LogP contribution is 2.09. The molecule has 6 nitrogen and oxygen atoms in total. The number of nitrogens with zero attached hydrogens (tertiary/aromatic N) is 1. The maximum absolute atomic E-state index is 11.8. The van der Waals surface area contributed by atoms with Crippen molar-refractivity contribution in [2.75, 3.05) is 12.4 Å². The molecule has 2 rings (SSSR count). The summed E-state index contributed by atoms with van der Waals surface area (Å²) in [7, 11) is 1.49. The lowest BCUT2D eigenvalue weighted by molar-refractivity contribution is 0.0956. The van der Waals surface area contributed by atoms with Gasteiger partial charge in [0.25, 0.3) is 11.8 Å². The van der Waals surface area contributed by atoms with E-state index in [9.17, 15) is 9.59 Å². The summed E-state index contributed by atoms with van der Waals surface area (Å²) >= 11 is 0. The van der Waals surface area contributed by atoms with E-state index in [1.807, 2.05) is 6.07 Å². The van der Waals surface area contributed by atoms with Gasteiger partial charge in [-0.1, -0.05) is 18.2 Å². The molecule has 0 saturated carbocycles. The monoisotopic (exact) mass is 245 g/mol. The van der Waals surface area contributed by atoms with E-state index in [0.717, 1.165) is 0 Å². The Morgan fingerprint density at radius 2 is 1.89 bits per heavy atom. The van der Waals surface area contributed by atoms with Gasteiger partial charge in [-0.3, -0.25) is 14.9 Å². The standard InChI is InChI=1S/C12H11N3O3/c1-13-11(17)9-7-18-12(14-9)15-10(16)8-5-3-2-4-6-8/h2-7H,1H3,(H,13,17)(H,14,15,16). The maximum Gasteiger partial charge on any atom is 0.302 e. The number of aromatic nitrogens is 1. The van der Waals surface area contributed by atoms with E-state index in [1.54, 1.807) is 24.3 Å². The molecule has 1 heterocycles. The van der Waals surface area contributed by atoms with Crippen molar-refractivity contribution < 1.29 is 14.0 Å². The number of rotatable bonds is 3. The van der Waals surface area contributed by atoms with Crippen molar-refractivity contribution in [1.82, 2.24) is 10.3 Å². The van der Waals surface area contributed by atoms with Crippen LogP contribution in [0.2, 0.25) is 0 Å². The molecule has 1 aromatic heterocycles. The van der Waals surface area contributed by atoms with Crippen molar-refractivity contribution >= 4 is 17.8 Å². The second kappa shape index (κ2) is 5.13. The molecule has 0 aliphatic rings. The Morgan fingerprint density at radius 3 is 2.56 bits per heavy atom. The van der Waals surface area contributed by atoms with E-state index in [0.29, 0.717) is 5.56 Å². The van der Waals surface area contributed by atoms with Crippen LogP contribution in [0.5, 0.6) is 0 Å². The third-order valence-corrected chi connectivity index (χ3v) is 2.22. The number of anilines is 1. The summed E-state index contributed by atoms with van der Waals surface area (Å²) in [5.74, 6) is -0.722. The number of nitrogens with one attached hydrogen (secondary N) is 2. The third kappa shape index (κ3) is 2.54. The van der Waals surface area contributed by atoms with E-state index in [-0.39, 0.29) is 23.5 Å². The van der Waals surface area contributed by atoms with Crippen molar-refractivity contribution in [3.63, 3.8) is 0 Å². The van der Waals surface area contributed by atoms with Crippen LogP contribution >= 0.6 is 0 Å². The molecule has 0 bridgehead atoms. The van der Waals surface area contributed by atoms with Crippen LogP contribution in [0.1, 0.15) is 20.8 Å². The molecule has 0 atom stereocenters. The van der Waals surface area contributed by atoms with E-state index in [4.69, 9.17) is 4.42 Å². The normalized spacial score (nSPS) is 9.83. The molecule has 6 heteroatoms. The molecule has 0 aliphatic heterocycles. The van der Waals surface area contributed by atoms with Gasteiger partial charge in [-0.05, 0) is 12.1 Å². The third-order valence-electron chi connectivity index (χ3n) is 2.22. The molecule has 92 valence electrons. The summed E-state index contributed by atoms with van der Waals surface area (Å²) < 4.78 is 4.98. The lowest BCUT2D eigenvalue weighted by Crippen LogP contribution is -2.18. The average molecular weight is 245 g/mol. The molecule has 18 heavy (non-hydrogen) atoms. The molecule has 0 fully saturated rings. The highest BCUT2D eigenvalue weighted by Gasteiger charge is 2.13. The van der Waals surface area contributed by atoms with Gasteiger partial charge in [0.15, 0.2) is 5.69 Å². The van der Waals surface area contributed by atoms with Gasteiger partial charge in [0.2, 0.25) is 0 Å². The van der Waals surface area contributed by atoms with Crippen molar-refractivity contribution in [3.05, 3.63) is 47.9 Å². The zero-order valence-corrected chi connectivity index (χ0v) is 9.64. The quantitative estimate of drug-likeness (QED) is 0.853. The first-order valence-corrected chi connectivity index (χ1v) is 5.24. The van der Waals surface area contributed by atoms with Gasteiger partial charge in [0, 0.05) is 12.6 Å². The summed E-state index contributed by atoms with van der Waals surface area (Å²) in [6, 6.07) is 8.63. The van der Waals surface area contributed by atoms with Gasteiger partial charge in [0.1, 0.15) is 6.26 Å². The van der Waals surface area contributed by atoms with Gasteiger partial charge < -0.3 is 9.73 Å². The SMILES string of the molecule is CNC(=O)c1coc(NC(=O)c2ccccc2)n1. The molecule has 2 N–H and O–H groups in total. The minimum atomic E-state index is -0.376. The van der Waals surface area contributed by atoms with E-state index >= 15 is 0 Å². The smallest absolute Gasteiger partial charge is 0.302 e. The lowest BCUT2D eigenvalue weighted by Gasteiger charge is -1.99. The first-order chi connectivity index (χ1) is 8.70. The fourth-order valence-electron chi connectivity index (χ4n) is 1.32. The first-order valence-electron chi connectivity index (χ1n) is 5.24. The molecular formula is C12H11N3O3. The van der Waals surface area contributed by atoms with Crippen LogP contribution in [0.25, 0.3) is 0 Å². The molecule has 2 aromatic rings. The zero-order valence-electron chi connectivity index (χ0n) is 9.64. The molecule has 0 spiro atoms. The van der Waals surface area contributed by atoms with Crippen LogP contribution in [0.3, 0.4) is 0 Å². The Hall–Kier alpha value is -2.63. The fraction of sp³-hybridized carbons (Fsp3) is 0.0833. The van der Waals surface area contributed by atoms with Crippen LogP contribution in [0, 0.1) is 0 Å². The molecule has 0 aliphatic carbocycles. The van der Waals surface area contributed by atoms with Crippen LogP contribution < -0.4 is 10.6 Å². The molecule has 0 unspecified atom stereocenters. The number of carbonyl (C=O) groups is 2. The molecule has 1 aromatic carbocycles. The number of amides is 2. The Labute approximate surface area is 103 Å². The number of benzene rings is 1. The van der Waals surface area contributed by atoms with E-state index < -0.39 is 0 Å². The molecular weight excluding hydrogens is 234 g/mol. The molecule has 0 radical (unpaired) electrons. The van der Waals surface area contributed by atoms with Gasteiger partial charge in [0.05, 0.1) is 0 Å². The second-order valence-corrected chi connectivity index (χ2v) is 3.44. The van der Waals surface area contributed by atoms with Crippen LogP contribution in [0.15, 0.2) is 41.0 Å². The van der Waals surface area contributed by atoms with Gasteiger partial charge in [-0.2, -0.15) is 4.98 Å². The van der Waals surface area contributed by atoms with Crippen LogP contribution in [-0.4, -0.2) is 23.8 Å². The summed E-state index contributed by atoms with van der Waals surface area (Å²) in [5, 5.41) is 4.87. The fourth-order valence-corrected chi connectivity index (χ4v) is 1.32. The van der Waals surface area contributed by atoms with Crippen molar-refractivity contribution in [2.24, 2.45) is 0 Å². The number of oxazole rings is 1. The maximum atomic E-state index is 11.8. The number of carbonyl (C=O) groups excluding carboxylic acids is 2. The van der Waals surface area contributed by atoms with Gasteiger partial charge in [-0.25, -0.2) is 0 Å². The molecule has 0 saturated heterocycles. The Kier molecular flexibility index (Phi) is 3.38. The lowest BCUT2D eigenvalue weighted by atomic mass is 10.2. The minimum absolute atomic E-state index is 0.0116. The topological polar surface area (TPSA) is 84.2 Å². The first kappa shape index (κ1) is 11.8. The summed E-state index contributed by atoms with van der Waals surface area (Å²) in [6.45, 7) is 0. The average Bonchev–Trinajstić information content (AvgIpc) is 2.87. The van der Waals surface area contributed by atoms with Gasteiger partial charge >= 0.3 is 6.01 Å². The highest BCUT2D eigenvalue weighted by molar-refractivity contribution is 6.03. The Morgan fingerprint density at radius 1 is 1.17 bits per heavy atom. The second-order valence-electron chi connectivity index (χ2n) is 3.44. The summed E-state index contributed by atoms with van der Waals surface area (Å²) in [6.07, 6.45) is 1.18. The molecule has 2 amide bonds. The Balaban J connectivity index is 2.08. The van der Waals surface area contributed by atoms with Crippen LogP contribution in [0.4, 0.5) is 6.01 Å². The largest absolute Gasteiger partial charge is 0.431 e. The Bertz CT molecular complexity index is 563. The zero-order chi connectivity index (χ0) is 13.0. The summed E-state index contributed by atoms with van der Waals surface area (Å²) in [5.41, 5.74) is 0.595. The predicted octanol–water partition coefficient (Wildman–Crippen LogP) is 1.29. The number of hydrogen-bond acceptors (Lipinski definition) is 4. The number of hydrogen-bond donors (Lipinski definition) is 2. The highest BCUT2D eigenvalue weighted by atomic mass is 16.4. The van der Waals surface area contributed by atoms with E-state index in [1.165, 1.54) is 13.3 Å². The van der Waals surface area contributed by atoms with Gasteiger partial charge in [-0.15, -0.1) is 0 Å². The summed E-state index contributed by atoms with van der Waals surface area (Å²) in [4.78, 5) is 26.8. The van der Waals surface area contributed by atoms with Crippen LogP contribution in [-0.2, 0) is 0 Å². The van der Waals surface area contributed by atoms with Crippen molar-refractivity contribution in [2.45, 2.75) is 0 Å². The van der Waals surface area contributed by atoms with E-state index in [2.05, 4.69) is 15.6 Å².